The molecule has 11 nitrogen and oxygen atoms in total. The number of carbonyl (C=O) groups excluding carboxylic acids is 1. The number of nitriles is 1. The van der Waals surface area contributed by atoms with E-state index in [9.17, 15) is 30.3 Å². The Balaban J connectivity index is 1.75. The molecule has 3 rings (SSSR count). The number of ether oxygens (including phenoxy) is 2. The molecule has 0 radical (unpaired) electrons. The van der Waals surface area contributed by atoms with Crippen molar-refractivity contribution in [1.29, 1.82) is 5.26 Å². The number of nitro groups is 2. The number of nitrogens with zero attached hydrogens (tertiary/aromatic N) is 3. The molecule has 0 aliphatic rings. The van der Waals surface area contributed by atoms with Crippen molar-refractivity contribution in [2.75, 3.05) is 11.9 Å². The van der Waals surface area contributed by atoms with Gasteiger partial charge in [-0.15, -0.1) is 0 Å². The molecule has 0 spiro atoms. The predicted molar refractivity (Wildman–Crippen MR) is 126 cm³/mol. The molecule has 3 aromatic rings. The third-order valence-corrected chi connectivity index (χ3v) is 4.54. The summed E-state index contributed by atoms with van der Waals surface area (Å²) in [5.41, 5.74) is -0.163. The zero-order chi connectivity index (χ0) is 25.4. The van der Waals surface area contributed by atoms with E-state index in [1.165, 1.54) is 18.2 Å². The van der Waals surface area contributed by atoms with Crippen molar-refractivity contribution in [3.05, 3.63) is 98.1 Å². The molecule has 0 atom stereocenters. The van der Waals surface area contributed by atoms with E-state index >= 15 is 0 Å². The Bertz CT molecular complexity index is 1340. The number of amides is 1. The highest BCUT2D eigenvalue weighted by Gasteiger charge is 2.21. The van der Waals surface area contributed by atoms with Crippen LogP contribution in [-0.4, -0.2) is 22.4 Å². The van der Waals surface area contributed by atoms with E-state index in [-0.39, 0.29) is 17.1 Å². The van der Waals surface area contributed by atoms with Crippen LogP contribution in [0.15, 0.2) is 72.3 Å². The Hall–Kier alpha value is -5.24. The number of carbonyl (C=O) groups is 1. The molecule has 0 aromatic heterocycles. The molecule has 0 fully saturated rings. The molecule has 0 aliphatic carbocycles. The van der Waals surface area contributed by atoms with Gasteiger partial charge in [-0.05, 0) is 48.9 Å². The largest absolute Gasteiger partial charge is 0.494 e. The molecule has 3 aromatic carbocycles. The fraction of sp³-hybridized carbons (Fsp3) is 0.0833. The predicted octanol–water partition coefficient (Wildman–Crippen LogP) is 5.24. The number of benzene rings is 3. The van der Waals surface area contributed by atoms with Crippen LogP contribution in [0.1, 0.15) is 12.5 Å². The van der Waals surface area contributed by atoms with Crippen molar-refractivity contribution < 1.29 is 24.1 Å². The molecule has 0 saturated carbocycles. The van der Waals surface area contributed by atoms with Crippen molar-refractivity contribution in [1.82, 2.24) is 0 Å². The van der Waals surface area contributed by atoms with Crippen molar-refractivity contribution in [2.45, 2.75) is 6.92 Å². The van der Waals surface area contributed by atoms with Gasteiger partial charge < -0.3 is 14.8 Å². The molecule has 11 heteroatoms. The zero-order valence-electron chi connectivity index (χ0n) is 18.3. The van der Waals surface area contributed by atoms with Crippen LogP contribution < -0.4 is 14.8 Å². The molecular weight excluding hydrogens is 456 g/mol. The quantitative estimate of drug-likeness (QED) is 0.191. The van der Waals surface area contributed by atoms with E-state index in [2.05, 4.69) is 5.32 Å². The highest BCUT2D eigenvalue weighted by atomic mass is 16.6. The van der Waals surface area contributed by atoms with Gasteiger partial charge in [-0.2, -0.15) is 5.26 Å². The summed E-state index contributed by atoms with van der Waals surface area (Å²) in [6, 6.07) is 17.7. The molecule has 176 valence electrons. The number of anilines is 1. The number of non-ortho nitro benzene ring substituents is 1. The summed E-state index contributed by atoms with van der Waals surface area (Å²) in [6.45, 7) is 2.31. The fourth-order valence-electron chi connectivity index (χ4n) is 2.95. The Morgan fingerprint density at radius 1 is 1.03 bits per heavy atom. The molecule has 1 N–H and O–H groups in total. The van der Waals surface area contributed by atoms with Gasteiger partial charge in [-0.1, -0.05) is 18.2 Å². The highest BCUT2D eigenvalue weighted by Crippen LogP contribution is 2.34. The minimum atomic E-state index is -0.776. The number of hydrogen-bond acceptors (Lipinski definition) is 8. The first-order valence-electron chi connectivity index (χ1n) is 10.2. The van der Waals surface area contributed by atoms with E-state index < -0.39 is 27.1 Å². The normalized spacial score (nSPS) is 10.7. The van der Waals surface area contributed by atoms with Crippen LogP contribution in [0, 0.1) is 31.6 Å². The van der Waals surface area contributed by atoms with Crippen molar-refractivity contribution in [3.63, 3.8) is 0 Å². The summed E-state index contributed by atoms with van der Waals surface area (Å²) in [5.74, 6) is 0.0182. The lowest BCUT2D eigenvalue weighted by atomic mass is 10.1. The zero-order valence-corrected chi connectivity index (χ0v) is 18.3. The van der Waals surface area contributed by atoms with Gasteiger partial charge >= 0.3 is 5.69 Å². The lowest BCUT2D eigenvalue weighted by Crippen LogP contribution is -2.13. The minimum absolute atomic E-state index is 0.147. The van der Waals surface area contributed by atoms with Crippen LogP contribution in [0.2, 0.25) is 0 Å². The standard InChI is InChI=1S/C24H18N4O7/c1-2-34-21-5-3-4-18(13-21)26-24(29)17(15-25)12-16-6-9-20(10-7-16)35-23-11-8-19(27(30)31)14-22(23)28(32)33/h3-14H,2H2,1H3,(H,26,29)/b17-12+. The van der Waals surface area contributed by atoms with Crippen molar-refractivity contribution in [3.8, 4) is 23.3 Å². The monoisotopic (exact) mass is 474 g/mol. The van der Waals surface area contributed by atoms with Crippen LogP contribution in [-0.2, 0) is 4.79 Å². The SMILES string of the molecule is CCOc1cccc(NC(=O)/C(C#N)=C/c2ccc(Oc3ccc([N+](=O)[O-])cc3[N+](=O)[O-])cc2)c1. The molecule has 0 unspecified atom stereocenters. The number of nitrogens with one attached hydrogen (secondary N) is 1. The number of rotatable bonds is 9. The van der Waals surface area contributed by atoms with Crippen molar-refractivity contribution >= 4 is 29.0 Å². The van der Waals surface area contributed by atoms with Crippen molar-refractivity contribution in [2.24, 2.45) is 0 Å². The molecule has 35 heavy (non-hydrogen) atoms. The third-order valence-electron chi connectivity index (χ3n) is 4.54. The van der Waals surface area contributed by atoms with E-state index in [0.717, 1.165) is 18.2 Å². The molecule has 0 saturated heterocycles. The Labute approximate surface area is 199 Å². The Morgan fingerprint density at radius 3 is 2.40 bits per heavy atom. The van der Waals surface area contributed by atoms with E-state index in [1.54, 1.807) is 36.4 Å². The first kappa shape index (κ1) is 24.4. The Morgan fingerprint density at radius 2 is 1.77 bits per heavy atom. The average Bonchev–Trinajstić information content (AvgIpc) is 2.84. The molecule has 1 amide bonds. The maximum Gasteiger partial charge on any atom is 0.318 e. The Kier molecular flexibility index (Phi) is 7.71. The van der Waals surface area contributed by atoms with Crippen LogP contribution in [0.5, 0.6) is 17.2 Å². The lowest BCUT2D eigenvalue weighted by Gasteiger charge is -2.08. The van der Waals surface area contributed by atoms with Gasteiger partial charge in [0.15, 0.2) is 0 Å². The second kappa shape index (κ2) is 11.1. The summed E-state index contributed by atoms with van der Waals surface area (Å²) < 4.78 is 10.9. The lowest BCUT2D eigenvalue weighted by molar-refractivity contribution is -0.394. The fourth-order valence-corrected chi connectivity index (χ4v) is 2.95. The smallest absolute Gasteiger partial charge is 0.318 e. The summed E-state index contributed by atoms with van der Waals surface area (Å²) in [6.07, 6.45) is 1.37. The van der Waals surface area contributed by atoms with Crippen LogP contribution in [0.4, 0.5) is 17.1 Å². The first-order chi connectivity index (χ1) is 16.8. The topological polar surface area (TPSA) is 158 Å². The van der Waals surface area contributed by atoms with Crippen LogP contribution in [0.3, 0.4) is 0 Å². The van der Waals surface area contributed by atoms with Crippen LogP contribution in [0.25, 0.3) is 6.08 Å². The summed E-state index contributed by atoms with van der Waals surface area (Å²) in [4.78, 5) is 33.1. The van der Waals surface area contributed by atoms with Gasteiger partial charge in [-0.25, -0.2) is 0 Å². The van der Waals surface area contributed by atoms with Gasteiger partial charge in [-0.3, -0.25) is 25.0 Å². The molecule has 0 heterocycles. The van der Waals surface area contributed by atoms with Crippen LogP contribution >= 0.6 is 0 Å². The maximum absolute atomic E-state index is 12.5. The molecule has 0 aliphatic heterocycles. The van der Waals surface area contributed by atoms with Gasteiger partial charge in [0, 0.05) is 17.8 Å². The highest BCUT2D eigenvalue weighted by molar-refractivity contribution is 6.09. The van der Waals surface area contributed by atoms with E-state index in [4.69, 9.17) is 9.47 Å². The minimum Gasteiger partial charge on any atom is -0.494 e. The maximum atomic E-state index is 12.5. The van der Waals surface area contributed by atoms with Gasteiger partial charge in [0.1, 0.15) is 23.1 Å². The van der Waals surface area contributed by atoms with Gasteiger partial charge in [0.25, 0.3) is 11.6 Å². The van der Waals surface area contributed by atoms with E-state index in [0.29, 0.717) is 23.6 Å². The average molecular weight is 474 g/mol. The van der Waals surface area contributed by atoms with E-state index in [1.807, 2.05) is 13.0 Å². The summed E-state index contributed by atoms with van der Waals surface area (Å²) in [5, 5.41) is 34.2. The number of nitro benzene ring substituents is 2. The van der Waals surface area contributed by atoms with Gasteiger partial charge in [0.05, 0.1) is 22.5 Å². The molecular formula is C24H18N4O7. The summed E-state index contributed by atoms with van der Waals surface area (Å²) in [7, 11) is 0. The summed E-state index contributed by atoms with van der Waals surface area (Å²) >= 11 is 0. The third kappa shape index (κ3) is 6.39. The first-order valence-corrected chi connectivity index (χ1v) is 10.2. The number of hydrogen-bond donors (Lipinski definition) is 1. The second-order valence-corrected chi connectivity index (χ2v) is 6.92. The van der Waals surface area contributed by atoms with Gasteiger partial charge in [0.2, 0.25) is 5.75 Å². The second-order valence-electron chi connectivity index (χ2n) is 6.92. The molecule has 0 bridgehead atoms.